The number of carboxylic acids is 1. The van der Waals surface area contributed by atoms with Gasteiger partial charge < -0.3 is 19.6 Å². The van der Waals surface area contributed by atoms with E-state index in [2.05, 4.69) is 0 Å². The van der Waals surface area contributed by atoms with Gasteiger partial charge in [0.1, 0.15) is 0 Å². The number of ether oxygens (including phenoxy) is 1. The molecule has 1 aliphatic carbocycles. The smallest absolute Gasteiger partial charge is 0.320 e. The largest absolute Gasteiger partial charge is 0.481 e. The molecule has 6 nitrogen and oxygen atoms in total. The summed E-state index contributed by atoms with van der Waals surface area (Å²) in [6, 6.07) is 0.301. The fourth-order valence-electron chi connectivity index (χ4n) is 3.62. The monoisotopic (exact) mass is 282 g/mol. The molecule has 112 valence electrons. The van der Waals surface area contributed by atoms with Crippen LogP contribution in [0.4, 0.5) is 4.79 Å². The van der Waals surface area contributed by atoms with Crippen molar-refractivity contribution in [2.24, 2.45) is 5.92 Å². The number of fused-ring (bicyclic) bond motifs is 1. The van der Waals surface area contributed by atoms with Crippen molar-refractivity contribution in [2.75, 3.05) is 26.2 Å². The summed E-state index contributed by atoms with van der Waals surface area (Å²) < 4.78 is 5.78. The van der Waals surface area contributed by atoms with Crippen LogP contribution < -0.4 is 0 Å². The predicted octanol–water partition coefficient (Wildman–Crippen LogP) is 1.16. The number of rotatable bonds is 2. The standard InChI is InChI=1S/C14H22N2O4/c17-13(18)7-10-8-15(9-10)14(19)16-5-6-20-12-4-2-1-3-11(12)16/h10-12H,1-9H2,(H,17,18). The van der Waals surface area contributed by atoms with Gasteiger partial charge in [-0.25, -0.2) is 4.79 Å². The van der Waals surface area contributed by atoms with Crippen LogP contribution in [0.25, 0.3) is 0 Å². The molecule has 0 spiro atoms. The van der Waals surface area contributed by atoms with Crippen LogP contribution in [-0.4, -0.2) is 65.3 Å². The van der Waals surface area contributed by atoms with Crippen molar-refractivity contribution in [3.05, 3.63) is 0 Å². The Bertz CT molecular complexity index is 393. The lowest BCUT2D eigenvalue weighted by Gasteiger charge is -2.48. The second kappa shape index (κ2) is 5.60. The van der Waals surface area contributed by atoms with Crippen LogP contribution in [0.3, 0.4) is 0 Å². The number of carbonyl (C=O) groups excluding carboxylic acids is 1. The minimum Gasteiger partial charge on any atom is -0.481 e. The van der Waals surface area contributed by atoms with Crippen LogP contribution in [0, 0.1) is 5.92 Å². The van der Waals surface area contributed by atoms with E-state index < -0.39 is 5.97 Å². The first kappa shape index (κ1) is 13.7. The Labute approximate surface area is 118 Å². The van der Waals surface area contributed by atoms with Gasteiger partial charge in [-0.15, -0.1) is 0 Å². The van der Waals surface area contributed by atoms with Gasteiger partial charge in [0.25, 0.3) is 0 Å². The second-order valence-electron chi connectivity index (χ2n) is 6.11. The molecule has 3 rings (SSSR count). The number of likely N-dealkylation sites (tertiary alicyclic amines) is 1. The maximum atomic E-state index is 12.5. The first-order chi connectivity index (χ1) is 9.65. The van der Waals surface area contributed by atoms with Gasteiger partial charge in [-0.2, -0.15) is 0 Å². The summed E-state index contributed by atoms with van der Waals surface area (Å²) in [5, 5.41) is 8.75. The molecule has 2 atom stereocenters. The van der Waals surface area contributed by atoms with Crippen molar-refractivity contribution in [3.63, 3.8) is 0 Å². The number of nitrogens with zero attached hydrogens (tertiary/aromatic N) is 2. The zero-order valence-electron chi connectivity index (χ0n) is 11.7. The zero-order chi connectivity index (χ0) is 14.1. The van der Waals surface area contributed by atoms with Crippen LogP contribution >= 0.6 is 0 Å². The summed E-state index contributed by atoms with van der Waals surface area (Å²) >= 11 is 0. The minimum absolute atomic E-state index is 0.0758. The molecule has 20 heavy (non-hydrogen) atoms. The molecule has 3 fully saturated rings. The third-order valence-electron chi connectivity index (χ3n) is 4.67. The second-order valence-corrected chi connectivity index (χ2v) is 6.11. The third-order valence-corrected chi connectivity index (χ3v) is 4.67. The van der Waals surface area contributed by atoms with E-state index >= 15 is 0 Å². The van der Waals surface area contributed by atoms with Crippen molar-refractivity contribution in [2.45, 2.75) is 44.2 Å². The number of carbonyl (C=O) groups is 2. The number of morpholine rings is 1. The first-order valence-corrected chi connectivity index (χ1v) is 7.54. The Morgan fingerprint density at radius 1 is 1.20 bits per heavy atom. The molecule has 0 aromatic rings. The molecule has 1 saturated carbocycles. The van der Waals surface area contributed by atoms with Gasteiger partial charge in [-0.05, 0) is 12.8 Å². The summed E-state index contributed by atoms with van der Waals surface area (Å²) in [7, 11) is 0. The Hall–Kier alpha value is -1.30. The highest BCUT2D eigenvalue weighted by atomic mass is 16.5. The molecule has 1 N–H and O–H groups in total. The van der Waals surface area contributed by atoms with E-state index in [1.165, 1.54) is 6.42 Å². The molecule has 6 heteroatoms. The average Bonchev–Trinajstić information content (AvgIpc) is 2.41. The number of hydrogen-bond acceptors (Lipinski definition) is 3. The van der Waals surface area contributed by atoms with E-state index in [1.54, 1.807) is 4.90 Å². The van der Waals surface area contributed by atoms with Crippen molar-refractivity contribution in [1.29, 1.82) is 0 Å². The quantitative estimate of drug-likeness (QED) is 0.825. The molecule has 2 unspecified atom stereocenters. The SMILES string of the molecule is O=C(O)CC1CN(C(=O)N2CCOC3CCCCC32)C1. The maximum Gasteiger partial charge on any atom is 0.320 e. The van der Waals surface area contributed by atoms with E-state index in [-0.39, 0.29) is 30.5 Å². The maximum absolute atomic E-state index is 12.5. The van der Waals surface area contributed by atoms with E-state index in [9.17, 15) is 9.59 Å². The molecular formula is C14H22N2O4. The Kier molecular flexibility index (Phi) is 3.83. The van der Waals surface area contributed by atoms with Crippen molar-refractivity contribution >= 4 is 12.0 Å². The molecule has 2 aliphatic heterocycles. The molecular weight excluding hydrogens is 260 g/mol. The van der Waals surface area contributed by atoms with Crippen molar-refractivity contribution in [1.82, 2.24) is 9.80 Å². The molecule has 0 bridgehead atoms. The first-order valence-electron chi connectivity index (χ1n) is 7.54. The predicted molar refractivity (Wildman–Crippen MR) is 71.4 cm³/mol. The summed E-state index contributed by atoms with van der Waals surface area (Å²) in [4.78, 5) is 26.9. The molecule has 2 saturated heterocycles. The van der Waals surface area contributed by atoms with E-state index in [0.717, 1.165) is 19.3 Å². The number of urea groups is 1. The Morgan fingerprint density at radius 3 is 2.70 bits per heavy atom. The molecule has 0 radical (unpaired) electrons. The third kappa shape index (κ3) is 2.61. The number of aliphatic carboxylic acids is 1. The van der Waals surface area contributed by atoms with Crippen LogP contribution in [-0.2, 0) is 9.53 Å². The summed E-state index contributed by atoms with van der Waals surface area (Å²) in [6.07, 6.45) is 4.80. The van der Waals surface area contributed by atoms with Gasteiger partial charge in [0.2, 0.25) is 0 Å². The fraction of sp³-hybridized carbons (Fsp3) is 0.857. The molecule has 2 heterocycles. The normalized spacial score (nSPS) is 30.6. The summed E-state index contributed by atoms with van der Waals surface area (Å²) in [5.74, 6) is -0.652. The van der Waals surface area contributed by atoms with Gasteiger partial charge in [0.15, 0.2) is 0 Å². The highest BCUT2D eigenvalue weighted by molar-refractivity contribution is 5.76. The summed E-state index contributed by atoms with van der Waals surface area (Å²) in [6.45, 7) is 2.46. The lowest BCUT2D eigenvalue weighted by atomic mass is 9.90. The van der Waals surface area contributed by atoms with Gasteiger partial charge in [0.05, 0.1) is 25.2 Å². The summed E-state index contributed by atoms with van der Waals surface area (Å²) in [5.41, 5.74) is 0. The number of hydrogen-bond donors (Lipinski definition) is 1. The molecule has 0 aromatic heterocycles. The van der Waals surface area contributed by atoms with Crippen LogP contribution in [0.1, 0.15) is 32.1 Å². The van der Waals surface area contributed by atoms with Crippen molar-refractivity contribution in [3.8, 4) is 0 Å². The highest BCUT2D eigenvalue weighted by Gasteiger charge is 2.41. The van der Waals surface area contributed by atoms with Crippen molar-refractivity contribution < 1.29 is 19.4 Å². The Morgan fingerprint density at radius 2 is 1.95 bits per heavy atom. The van der Waals surface area contributed by atoms with Crippen LogP contribution in [0.2, 0.25) is 0 Å². The van der Waals surface area contributed by atoms with Crippen LogP contribution in [0.15, 0.2) is 0 Å². The number of amides is 2. The molecule has 2 amide bonds. The molecule has 3 aliphatic rings. The highest BCUT2D eigenvalue weighted by Crippen LogP contribution is 2.30. The van der Waals surface area contributed by atoms with Gasteiger partial charge in [0, 0.05) is 25.6 Å². The van der Waals surface area contributed by atoms with E-state index in [0.29, 0.717) is 26.2 Å². The van der Waals surface area contributed by atoms with Crippen LogP contribution in [0.5, 0.6) is 0 Å². The number of carboxylic acid groups (broad SMARTS) is 1. The lowest BCUT2D eigenvalue weighted by Crippen LogP contribution is -2.62. The molecule has 0 aromatic carbocycles. The topological polar surface area (TPSA) is 70.1 Å². The van der Waals surface area contributed by atoms with E-state index in [1.807, 2.05) is 4.90 Å². The van der Waals surface area contributed by atoms with E-state index in [4.69, 9.17) is 9.84 Å². The zero-order valence-corrected chi connectivity index (χ0v) is 11.7. The van der Waals surface area contributed by atoms with Gasteiger partial charge in [-0.1, -0.05) is 12.8 Å². The average molecular weight is 282 g/mol. The van der Waals surface area contributed by atoms with Gasteiger partial charge in [-0.3, -0.25) is 4.79 Å². The fourth-order valence-corrected chi connectivity index (χ4v) is 3.62. The lowest BCUT2D eigenvalue weighted by molar-refractivity contribution is -0.139. The Balaban J connectivity index is 1.56. The minimum atomic E-state index is -0.777. The van der Waals surface area contributed by atoms with Gasteiger partial charge >= 0.3 is 12.0 Å².